The van der Waals surface area contributed by atoms with Gasteiger partial charge < -0.3 is 5.32 Å². The van der Waals surface area contributed by atoms with Crippen LogP contribution in [0.3, 0.4) is 0 Å². The maximum atomic E-state index is 12.0. The first-order chi connectivity index (χ1) is 11.6. The monoisotopic (exact) mass is 382 g/mol. The highest BCUT2D eigenvalue weighted by molar-refractivity contribution is 7.90. The van der Waals surface area contributed by atoms with Crippen LogP contribution >= 0.6 is 0 Å². The summed E-state index contributed by atoms with van der Waals surface area (Å²) in [6, 6.07) is 11.8. The predicted octanol–water partition coefficient (Wildman–Crippen LogP) is 0.710. The molecule has 0 aliphatic rings. The van der Waals surface area contributed by atoms with Crippen molar-refractivity contribution in [1.29, 1.82) is 0 Å². The molecule has 0 saturated carbocycles. The Balaban J connectivity index is 1.92. The van der Waals surface area contributed by atoms with Crippen LogP contribution in [0, 0.1) is 0 Å². The zero-order valence-corrected chi connectivity index (χ0v) is 15.1. The van der Waals surface area contributed by atoms with Crippen molar-refractivity contribution in [3.8, 4) is 0 Å². The van der Waals surface area contributed by atoms with Gasteiger partial charge in [0.2, 0.25) is 10.0 Å². The lowest BCUT2D eigenvalue weighted by Crippen LogP contribution is -2.25. The van der Waals surface area contributed by atoms with Gasteiger partial charge in [0.05, 0.1) is 9.79 Å². The van der Waals surface area contributed by atoms with Gasteiger partial charge in [-0.15, -0.1) is 0 Å². The lowest BCUT2D eigenvalue weighted by molar-refractivity contribution is 0.0954. The number of hydrogen-bond donors (Lipinski definition) is 2. The van der Waals surface area contributed by atoms with Gasteiger partial charge in [0.25, 0.3) is 5.91 Å². The zero-order valence-electron chi connectivity index (χ0n) is 13.5. The third-order valence-electron chi connectivity index (χ3n) is 3.50. The van der Waals surface area contributed by atoms with E-state index < -0.39 is 19.9 Å². The molecule has 2 rings (SSSR count). The number of sulfonamides is 1. The highest BCUT2D eigenvalue weighted by Crippen LogP contribution is 2.11. The fourth-order valence-corrected chi connectivity index (χ4v) is 3.27. The molecule has 134 valence electrons. The molecule has 0 atom stereocenters. The van der Waals surface area contributed by atoms with E-state index in [-0.39, 0.29) is 15.7 Å². The third kappa shape index (κ3) is 5.38. The molecule has 0 fully saturated rings. The number of nitrogens with two attached hydrogens (primary N) is 1. The second kappa shape index (κ2) is 7.34. The molecule has 0 aliphatic heterocycles. The average Bonchev–Trinajstić information content (AvgIpc) is 2.54. The van der Waals surface area contributed by atoms with E-state index in [0.717, 1.165) is 11.8 Å². The summed E-state index contributed by atoms with van der Waals surface area (Å²) < 4.78 is 45.1. The van der Waals surface area contributed by atoms with Gasteiger partial charge in [-0.2, -0.15) is 0 Å². The van der Waals surface area contributed by atoms with E-state index in [4.69, 9.17) is 5.14 Å². The minimum absolute atomic E-state index is 0.0336. The van der Waals surface area contributed by atoms with E-state index in [1.54, 1.807) is 12.1 Å². The molecule has 0 heterocycles. The summed E-state index contributed by atoms with van der Waals surface area (Å²) in [4.78, 5) is 12.2. The van der Waals surface area contributed by atoms with Crippen LogP contribution in [0.25, 0.3) is 0 Å². The van der Waals surface area contributed by atoms with Crippen molar-refractivity contribution >= 4 is 25.8 Å². The van der Waals surface area contributed by atoms with Crippen molar-refractivity contribution in [2.45, 2.75) is 16.2 Å². The SMILES string of the molecule is CS(=O)(=O)c1ccc(C(=O)NCCc2ccc(S(N)(=O)=O)cc2)cc1. The molecule has 1 amide bonds. The van der Waals surface area contributed by atoms with Gasteiger partial charge in [0, 0.05) is 18.4 Å². The van der Waals surface area contributed by atoms with Gasteiger partial charge in [0.1, 0.15) is 0 Å². The maximum Gasteiger partial charge on any atom is 0.251 e. The van der Waals surface area contributed by atoms with Crippen LogP contribution in [-0.4, -0.2) is 35.5 Å². The first kappa shape index (κ1) is 19.1. The van der Waals surface area contributed by atoms with E-state index in [1.165, 1.54) is 36.4 Å². The van der Waals surface area contributed by atoms with Crippen LogP contribution in [0.1, 0.15) is 15.9 Å². The van der Waals surface area contributed by atoms with Crippen LogP contribution in [0.2, 0.25) is 0 Å². The molecule has 3 N–H and O–H groups in total. The topological polar surface area (TPSA) is 123 Å². The molecule has 25 heavy (non-hydrogen) atoms. The van der Waals surface area contributed by atoms with Crippen molar-refractivity contribution in [2.24, 2.45) is 5.14 Å². The molecule has 2 aromatic carbocycles. The zero-order chi connectivity index (χ0) is 18.7. The second-order valence-corrected chi connectivity index (χ2v) is 9.07. The molecule has 0 spiro atoms. The summed E-state index contributed by atoms with van der Waals surface area (Å²) in [7, 11) is -7.01. The standard InChI is InChI=1S/C16H18N2O5S2/c1-24(20,21)14-8-4-13(5-9-14)16(19)18-11-10-12-2-6-15(7-3-12)25(17,22)23/h2-9H,10-11H2,1H3,(H,18,19)(H2,17,22,23). The number of carbonyl (C=O) groups is 1. The Hall–Kier alpha value is -2.23. The van der Waals surface area contributed by atoms with Crippen LogP contribution in [-0.2, 0) is 26.3 Å². The van der Waals surface area contributed by atoms with Gasteiger partial charge in [-0.3, -0.25) is 4.79 Å². The number of carbonyl (C=O) groups excluding carboxylic acids is 1. The van der Waals surface area contributed by atoms with Crippen LogP contribution in [0.4, 0.5) is 0 Å². The highest BCUT2D eigenvalue weighted by atomic mass is 32.2. The van der Waals surface area contributed by atoms with Gasteiger partial charge in [0.15, 0.2) is 9.84 Å². The molecule has 0 bridgehead atoms. The summed E-state index contributed by atoms with van der Waals surface area (Å²) in [5.74, 6) is -0.318. The number of amides is 1. The Kier molecular flexibility index (Phi) is 5.61. The molecule has 9 heteroatoms. The van der Waals surface area contributed by atoms with E-state index >= 15 is 0 Å². The largest absolute Gasteiger partial charge is 0.352 e. The Bertz CT molecular complexity index is 964. The average molecular weight is 382 g/mol. The fraction of sp³-hybridized carbons (Fsp3) is 0.188. The molecule has 0 aliphatic carbocycles. The summed E-state index contributed by atoms with van der Waals surface area (Å²) >= 11 is 0. The van der Waals surface area contributed by atoms with Gasteiger partial charge >= 0.3 is 0 Å². The van der Waals surface area contributed by atoms with Crippen molar-refractivity contribution in [3.05, 3.63) is 59.7 Å². The Morgan fingerprint density at radius 2 is 1.44 bits per heavy atom. The third-order valence-corrected chi connectivity index (χ3v) is 5.55. The number of benzene rings is 2. The number of rotatable bonds is 6. The number of nitrogens with one attached hydrogen (secondary N) is 1. The van der Waals surface area contributed by atoms with E-state index in [1.807, 2.05) is 0 Å². The summed E-state index contributed by atoms with van der Waals surface area (Å²) in [6.45, 7) is 0.349. The van der Waals surface area contributed by atoms with Crippen molar-refractivity contribution in [3.63, 3.8) is 0 Å². The molecule has 2 aromatic rings. The van der Waals surface area contributed by atoms with E-state index in [0.29, 0.717) is 18.5 Å². The number of primary sulfonamides is 1. The van der Waals surface area contributed by atoms with Gasteiger partial charge in [-0.25, -0.2) is 22.0 Å². The number of hydrogen-bond acceptors (Lipinski definition) is 5. The molecule has 0 unspecified atom stereocenters. The van der Waals surface area contributed by atoms with Crippen molar-refractivity contribution in [2.75, 3.05) is 12.8 Å². The lowest BCUT2D eigenvalue weighted by atomic mass is 10.1. The summed E-state index contributed by atoms with van der Waals surface area (Å²) in [5.41, 5.74) is 1.21. The van der Waals surface area contributed by atoms with Crippen LogP contribution < -0.4 is 10.5 Å². The summed E-state index contributed by atoms with van der Waals surface area (Å²) in [5, 5.41) is 7.75. The molecule has 0 aromatic heterocycles. The quantitative estimate of drug-likeness (QED) is 0.761. The van der Waals surface area contributed by atoms with Crippen LogP contribution in [0.5, 0.6) is 0 Å². The Morgan fingerprint density at radius 1 is 0.920 bits per heavy atom. The first-order valence-corrected chi connectivity index (χ1v) is 10.7. The Morgan fingerprint density at radius 3 is 1.92 bits per heavy atom. The predicted molar refractivity (Wildman–Crippen MR) is 93.4 cm³/mol. The molecule has 7 nitrogen and oxygen atoms in total. The molecule has 0 saturated heterocycles. The minimum Gasteiger partial charge on any atom is -0.352 e. The van der Waals surface area contributed by atoms with Crippen LogP contribution in [0.15, 0.2) is 58.3 Å². The smallest absolute Gasteiger partial charge is 0.251 e. The fourth-order valence-electron chi connectivity index (χ4n) is 2.12. The van der Waals surface area contributed by atoms with Gasteiger partial charge in [-0.05, 0) is 48.4 Å². The molecular weight excluding hydrogens is 364 g/mol. The van der Waals surface area contributed by atoms with Gasteiger partial charge in [-0.1, -0.05) is 12.1 Å². The highest BCUT2D eigenvalue weighted by Gasteiger charge is 2.10. The van der Waals surface area contributed by atoms with E-state index in [2.05, 4.69) is 5.32 Å². The van der Waals surface area contributed by atoms with E-state index in [9.17, 15) is 21.6 Å². The summed E-state index contributed by atoms with van der Waals surface area (Å²) in [6.07, 6.45) is 1.61. The number of sulfone groups is 1. The minimum atomic E-state index is -3.72. The van der Waals surface area contributed by atoms with Crippen molar-refractivity contribution < 1.29 is 21.6 Å². The van der Waals surface area contributed by atoms with Crippen molar-refractivity contribution in [1.82, 2.24) is 5.32 Å². The molecular formula is C16H18N2O5S2. The first-order valence-electron chi connectivity index (χ1n) is 7.27. The Labute approximate surface area is 146 Å². The second-order valence-electron chi connectivity index (χ2n) is 5.49. The molecule has 0 radical (unpaired) electrons. The normalized spacial score (nSPS) is 11.9. The lowest BCUT2D eigenvalue weighted by Gasteiger charge is -2.07. The maximum absolute atomic E-state index is 12.0.